The van der Waals surface area contributed by atoms with Crippen molar-refractivity contribution in [3.05, 3.63) is 70.3 Å². The first-order valence-corrected chi connectivity index (χ1v) is 10.8. The highest BCUT2D eigenvalue weighted by atomic mass is 16.5. The zero-order chi connectivity index (χ0) is 21.5. The van der Waals surface area contributed by atoms with Gasteiger partial charge < -0.3 is 21.1 Å². The van der Waals surface area contributed by atoms with Crippen LogP contribution in [-0.4, -0.2) is 25.7 Å². The van der Waals surface area contributed by atoms with Crippen molar-refractivity contribution in [3.63, 3.8) is 0 Å². The fourth-order valence-corrected chi connectivity index (χ4v) is 4.07. The van der Waals surface area contributed by atoms with Crippen LogP contribution in [0.3, 0.4) is 0 Å². The second-order valence-corrected chi connectivity index (χ2v) is 7.71. The number of nitrogen functional groups attached to an aromatic ring is 1. The highest BCUT2D eigenvalue weighted by Gasteiger charge is 2.23. The number of rotatable bonds is 8. The molecule has 1 atom stereocenters. The largest absolute Gasteiger partial charge is 0.466 e. The summed E-state index contributed by atoms with van der Waals surface area (Å²) in [5, 5.41) is 6.79. The average molecular weight is 408 g/mol. The van der Waals surface area contributed by atoms with E-state index in [0.29, 0.717) is 13.0 Å². The Morgan fingerprint density at radius 3 is 2.90 bits per heavy atom. The Kier molecular flexibility index (Phi) is 7.52. The number of hydrogen-bond acceptors (Lipinski definition) is 5. The third kappa shape index (κ3) is 5.03. The molecule has 2 aromatic rings. The predicted octanol–water partition coefficient (Wildman–Crippen LogP) is 4.30. The molecule has 0 radical (unpaired) electrons. The van der Waals surface area contributed by atoms with Crippen molar-refractivity contribution in [3.8, 4) is 0 Å². The summed E-state index contributed by atoms with van der Waals surface area (Å²) in [6.45, 7) is 8.85. The van der Waals surface area contributed by atoms with Crippen LogP contribution in [0.25, 0.3) is 0 Å². The van der Waals surface area contributed by atoms with Gasteiger partial charge in [-0.05, 0) is 67.6 Å². The van der Waals surface area contributed by atoms with Crippen LogP contribution in [0.1, 0.15) is 54.0 Å². The summed E-state index contributed by atoms with van der Waals surface area (Å²) in [6.07, 6.45) is 5.39. The molecule has 30 heavy (non-hydrogen) atoms. The van der Waals surface area contributed by atoms with Gasteiger partial charge in [0.15, 0.2) is 0 Å². The van der Waals surface area contributed by atoms with E-state index in [-0.39, 0.29) is 11.9 Å². The highest BCUT2D eigenvalue weighted by molar-refractivity contribution is 5.75. The van der Waals surface area contributed by atoms with Crippen LogP contribution in [0, 0.1) is 6.92 Å². The number of esters is 1. The number of carbonyl (C=O) groups is 1. The Hall–Kier alpha value is -2.79. The summed E-state index contributed by atoms with van der Waals surface area (Å²) in [7, 11) is 0. The van der Waals surface area contributed by atoms with E-state index >= 15 is 0 Å². The lowest BCUT2D eigenvalue weighted by Gasteiger charge is -2.24. The maximum Gasteiger partial charge on any atom is 0.306 e. The van der Waals surface area contributed by atoms with E-state index < -0.39 is 0 Å². The number of allylic oxidation sites excluding steroid dienone is 1. The van der Waals surface area contributed by atoms with Gasteiger partial charge in [-0.3, -0.25) is 4.79 Å². The number of hydrogen-bond donors (Lipinski definition) is 3. The van der Waals surface area contributed by atoms with Gasteiger partial charge in [-0.25, -0.2) is 0 Å². The fraction of sp³-hybridized carbons (Fsp3) is 0.400. The van der Waals surface area contributed by atoms with Gasteiger partial charge in [0.1, 0.15) is 0 Å². The lowest BCUT2D eigenvalue weighted by Crippen LogP contribution is -2.24. The Balaban J connectivity index is 1.98. The van der Waals surface area contributed by atoms with E-state index in [4.69, 9.17) is 10.5 Å². The van der Waals surface area contributed by atoms with Crippen LogP contribution in [0.5, 0.6) is 0 Å². The molecule has 1 aliphatic rings. The maximum absolute atomic E-state index is 12.4. The van der Waals surface area contributed by atoms with Crippen LogP contribution in [0.15, 0.2) is 42.5 Å². The molecule has 0 saturated carbocycles. The normalized spacial score (nSPS) is 14.4. The number of nitrogens with one attached hydrogen (secondary N) is 2. The SMILES string of the molecule is C/C=C/CNc1ccc(C(CC(=O)OCC)c2ccc3c(c2)CNCC3)c(C)c1N. The second-order valence-electron chi connectivity index (χ2n) is 7.71. The van der Waals surface area contributed by atoms with E-state index in [9.17, 15) is 4.79 Å². The van der Waals surface area contributed by atoms with Gasteiger partial charge in [-0.2, -0.15) is 0 Å². The van der Waals surface area contributed by atoms with E-state index in [2.05, 4.69) is 34.9 Å². The van der Waals surface area contributed by atoms with Crippen molar-refractivity contribution < 1.29 is 9.53 Å². The van der Waals surface area contributed by atoms with Crippen LogP contribution < -0.4 is 16.4 Å². The Morgan fingerprint density at radius 1 is 1.30 bits per heavy atom. The minimum atomic E-state index is -0.188. The molecular formula is C25H33N3O2. The molecule has 0 spiro atoms. The van der Waals surface area contributed by atoms with Gasteiger partial charge in [-0.15, -0.1) is 0 Å². The number of ether oxygens (including phenoxy) is 1. The monoisotopic (exact) mass is 407 g/mol. The molecule has 2 aromatic carbocycles. The van der Waals surface area contributed by atoms with Gasteiger partial charge in [0, 0.05) is 19.0 Å². The topological polar surface area (TPSA) is 76.4 Å². The van der Waals surface area contributed by atoms with Crippen molar-refractivity contribution in [1.29, 1.82) is 0 Å². The quantitative estimate of drug-likeness (QED) is 0.346. The standard InChI is InChI=1S/C25H33N3O2/c1-4-6-12-28-23-10-9-21(17(3)25(23)26)22(15-24(29)30-5-2)19-8-7-18-11-13-27-16-20(18)14-19/h4,6-10,14,22,27-28H,5,11-13,15-16,26H2,1-3H3/b6-4+. The van der Waals surface area contributed by atoms with Gasteiger partial charge in [0.05, 0.1) is 24.4 Å². The van der Waals surface area contributed by atoms with Crippen molar-refractivity contribution in [2.45, 2.75) is 46.1 Å². The molecule has 4 N–H and O–H groups in total. The Bertz CT molecular complexity index is 921. The number of fused-ring (bicyclic) bond motifs is 1. The lowest BCUT2D eigenvalue weighted by molar-refractivity contribution is -0.143. The predicted molar refractivity (Wildman–Crippen MR) is 124 cm³/mol. The third-order valence-electron chi connectivity index (χ3n) is 5.77. The van der Waals surface area contributed by atoms with Crippen LogP contribution >= 0.6 is 0 Å². The maximum atomic E-state index is 12.4. The van der Waals surface area contributed by atoms with Gasteiger partial charge in [-0.1, -0.05) is 36.4 Å². The number of nitrogens with two attached hydrogens (primary N) is 1. The van der Waals surface area contributed by atoms with Gasteiger partial charge in [0.25, 0.3) is 0 Å². The summed E-state index contributed by atoms with van der Waals surface area (Å²) in [5.41, 5.74) is 14.0. The molecule has 1 heterocycles. The average Bonchev–Trinajstić information content (AvgIpc) is 2.75. The van der Waals surface area contributed by atoms with E-state index in [1.807, 2.05) is 39.0 Å². The van der Waals surface area contributed by atoms with E-state index in [1.165, 1.54) is 11.1 Å². The summed E-state index contributed by atoms with van der Waals surface area (Å²) >= 11 is 0. The van der Waals surface area contributed by atoms with Crippen molar-refractivity contribution in [1.82, 2.24) is 5.32 Å². The summed E-state index contributed by atoms with van der Waals surface area (Å²) in [4.78, 5) is 12.4. The molecule has 0 amide bonds. The minimum absolute atomic E-state index is 0.0943. The number of anilines is 2. The minimum Gasteiger partial charge on any atom is -0.466 e. The first-order valence-electron chi connectivity index (χ1n) is 10.8. The smallest absolute Gasteiger partial charge is 0.306 e. The van der Waals surface area contributed by atoms with Crippen molar-refractivity contribution in [2.24, 2.45) is 0 Å². The number of carbonyl (C=O) groups excluding carboxylic acids is 1. The first kappa shape index (κ1) is 21.9. The second kappa shape index (κ2) is 10.3. The summed E-state index contributed by atoms with van der Waals surface area (Å²) in [6, 6.07) is 10.7. The summed E-state index contributed by atoms with van der Waals surface area (Å²) < 4.78 is 5.28. The summed E-state index contributed by atoms with van der Waals surface area (Å²) in [5.74, 6) is -0.283. The molecule has 0 bridgehead atoms. The Morgan fingerprint density at radius 2 is 2.13 bits per heavy atom. The molecule has 160 valence electrons. The van der Waals surface area contributed by atoms with Crippen molar-refractivity contribution >= 4 is 17.3 Å². The van der Waals surface area contributed by atoms with Crippen LogP contribution in [0.2, 0.25) is 0 Å². The molecule has 1 unspecified atom stereocenters. The molecule has 5 nitrogen and oxygen atoms in total. The molecule has 0 aromatic heterocycles. The zero-order valence-electron chi connectivity index (χ0n) is 18.3. The molecule has 0 aliphatic carbocycles. The molecule has 0 fully saturated rings. The van der Waals surface area contributed by atoms with E-state index in [0.717, 1.165) is 54.1 Å². The molecule has 0 saturated heterocycles. The van der Waals surface area contributed by atoms with Gasteiger partial charge >= 0.3 is 5.97 Å². The lowest BCUT2D eigenvalue weighted by atomic mass is 9.83. The van der Waals surface area contributed by atoms with Crippen molar-refractivity contribution in [2.75, 3.05) is 30.7 Å². The molecular weight excluding hydrogens is 374 g/mol. The molecule has 5 heteroatoms. The number of benzene rings is 2. The van der Waals surface area contributed by atoms with Crippen LogP contribution in [-0.2, 0) is 22.5 Å². The Labute approximate surface area is 179 Å². The zero-order valence-corrected chi connectivity index (χ0v) is 18.3. The van der Waals surface area contributed by atoms with Crippen LogP contribution in [0.4, 0.5) is 11.4 Å². The third-order valence-corrected chi connectivity index (χ3v) is 5.77. The van der Waals surface area contributed by atoms with E-state index in [1.54, 1.807) is 0 Å². The first-order chi connectivity index (χ1) is 14.5. The molecule has 1 aliphatic heterocycles. The molecule has 3 rings (SSSR count). The highest BCUT2D eigenvalue weighted by Crippen LogP contribution is 2.36. The van der Waals surface area contributed by atoms with Gasteiger partial charge in [0.2, 0.25) is 0 Å². The fourth-order valence-electron chi connectivity index (χ4n) is 4.07.